The number of carbonyl (C=O) groups excluding carboxylic acids is 1. The monoisotopic (exact) mass is 502 g/mol. The predicted molar refractivity (Wildman–Crippen MR) is 123 cm³/mol. The van der Waals surface area contributed by atoms with E-state index in [1.807, 2.05) is 0 Å². The van der Waals surface area contributed by atoms with Crippen LogP contribution in [-0.4, -0.2) is 20.9 Å². The number of carbonyl (C=O) groups is 1. The van der Waals surface area contributed by atoms with E-state index < -0.39 is 22.5 Å². The van der Waals surface area contributed by atoms with E-state index >= 15 is 0 Å². The maximum Gasteiger partial charge on any atom is 0.264 e. The van der Waals surface area contributed by atoms with Gasteiger partial charge in [-0.3, -0.25) is 9.10 Å². The molecular formula is C20H14Cl4N2O3S. The maximum absolute atomic E-state index is 13.3. The summed E-state index contributed by atoms with van der Waals surface area (Å²) in [7, 11) is -4.08. The zero-order valence-electron chi connectivity index (χ0n) is 15.2. The fourth-order valence-electron chi connectivity index (χ4n) is 2.60. The predicted octanol–water partition coefficient (Wildman–Crippen LogP) is 6.13. The van der Waals surface area contributed by atoms with Crippen LogP contribution in [0.1, 0.15) is 0 Å². The van der Waals surface area contributed by atoms with E-state index in [2.05, 4.69) is 5.32 Å². The Labute approximate surface area is 194 Å². The molecule has 0 aliphatic carbocycles. The van der Waals surface area contributed by atoms with Gasteiger partial charge in [-0.2, -0.15) is 0 Å². The first-order valence-electron chi connectivity index (χ1n) is 8.47. The third-order valence-electron chi connectivity index (χ3n) is 4.04. The van der Waals surface area contributed by atoms with Crippen LogP contribution in [0.5, 0.6) is 0 Å². The number of nitrogens with zero attached hydrogens (tertiary/aromatic N) is 1. The molecule has 0 saturated heterocycles. The van der Waals surface area contributed by atoms with Gasteiger partial charge in [-0.25, -0.2) is 8.42 Å². The van der Waals surface area contributed by atoms with Crippen molar-refractivity contribution in [3.05, 3.63) is 86.8 Å². The number of anilines is 2. The average Bonchev–Trinajstić information content (AvgIpc) is 2.72. The van der Waals surface area contributed by atoms with Crippen molar-refractivity contribution in [3.8, 4) is 0 Å². The molecule has 3 aromatic rings. The summed E-state index contributed by atoms with van der Waals surface area (Å²) in [5, 5.41) is 3.40. The van der Waals surface area contributed by atoms with Gasteiger partial charge >= 0.3 is 0 Å². The molecule has 0 saturated carbocycles. The summed E-state index contributed by atoms with van der Waals surface area (Å²) in [5.41, 5.74) is 0.445. The second kappa shape index (κ2) is 9.45. The number of rotatable bonds is 6. The molecule has 0 aromatic heterocycles. The molecule has 156 valence electrons. The number of amides is 1. The fourth-order valence-corrected chi connectivity index (χ4v) is 4.67. The van der Waals surface area contributed by atoms with Crippen molar-refractivity contribution >= 4 is 73.7 Å². The lowest BCUT2D eigenvalue weighted by Gasteiger charge is -2.24. The van der Waals surface area contributed by atoms with Crippen molar-refractivity contribution in [2.75, 3.05) is 16.2 Å². The largest absolute Gasteiger partial charge is 0.323 e. The van der Waals surface area contributed by atoms with Crippen molar-refractivity contribution in [1.82, 2.24) is 0 Å². The van der Waals surface area contributed by atoms with Crippen LogP contribution in [0.2, 0.25) is 20.1 Å². The average molecular weight is 504 g/mol. The van der Waals surface area contributed by atoms with Crippen LogP contribution in [0, 0.1) is 0 Å². The Morgan fingerprint density at radius 2 is 1.53 bits per heavy atom. The second-order valence-corrected chi connectivity index (χ2v) is 9.53. The van der Waals surface area contributed by atoms with Gasteiger partial charge in [0.15, 0.2) is 0 Å². The number of hydrogen-bond acceptors (Lipinski definition) is 3. The van der Waals surface area contributed by atoms with Gasteiger partial charge in [0.2, 0.25) is 5.91 Å². The smallest absolute Gasteiger partial charge is 0.264 e. The highest BCUT2D eigenvalue weighted by Crippen LogP contribution is 2.32. The minimum absolute atomic E-state index is 0.0182. The molecule has 0 bridgehead atoms. The highest BCUT2D eigenvalue weighted by Gasteiger charge is 2.28. The van der Waals surface area contributed by atoms with E-state index in [4.69, 9.17) is 46.4 Å². The summed E-state index contributed by atoms with van der Waals surface area (Å²) < 4.78 is 27.5. The third-order valence-corrected chi connectivity index (χ3v) is 7.38. The molecule has 5 nitrogen and oxygen atoms in total. The molecule has 3 aromatic carbocycles. The molecular weight excluding hydrogens is 490 g/mol. The fraction of sp³-hybridized carbons (Fsp3) is 0.0500. The summed E-state index contributed by atoms with van der Waals surface area (Å²) in [4.78, 5) is 12.7. The first-order chi connectivity index (χ1) is 14.2. The van der Waals surface area contributed by atoms with E-state index in [-0.39, 0.29) is 36.4 Å². The Hall–Kier alpha value is -1.96. The van der Waals surface area contributed by atoms with Crippen LogP contribution in [-0.2, 0) is 14.8 Å². The van der Waals surface area contributed by atoms with Crippen LogP contribution >= 0.6 is 46.4 Å². The SMILES string of the molecule is O=C(CN(c1ccc(Cl)c(Cl)c1)S(=O)(=O)c1ccccc1)Nc1cccc(Cl)c1Cl. The quantitative estimate of drug-likeness (QED) is 0.439. The summed E-state index contributed by atoms with van der Waals surface area (Å²) in [6.45, 7) is -0.530. The van der Waals surface area contributed by atoms with Gasteiger partial charge in [-0.15, -0.1) is 0 Å². The van der Waals surface area contributed by atoms with Gasteiger partial charge in [0.25, 0.3) is 10.0 Å². The summed E-state index contributed by atoms with van der Waals surface area (Å²) in [5.74, 6) is -0.621. The number of halogens is 4. The van der Waals surface area contributed by atoms with Crippen molar-refractivity contribution < 1.29 is 13.2 Å². The van der Waals surface area contributed by atoms with Crippen LogP contribution in [0.4, 0.5) is 11.4 Å². The lowest BCUT2D eigenvalue weighted by atomic mass is 10.3. The highest BCUT2D eigenvalue weighted by atomic mass is 35.5. The molecule has 30 heavy (non-hydrogen) atoms. The Morgan fingerprint density at radius 1 is 0.833 bits per heavy atom. The first-order valence-corrected chi connectivity index (χ1v) is 11.4. The second-order valence-electron chi connectivity index (χ2n) is 6.07. The standard InChI is InChI=1S/C20H14Cl4N2O3S/c21-15-10-9-13(11-17(15)23)26(30(28,29)14-5-2-1-3-6-14)12-19(27)25-18-8-4-7-16(22)20(18)24/h1-11H,12H2,(H,25,27). The molecule has 0 heterocycles. The Balaban J connectivity index is 1.98. The molecule has 1 N–H and O–H groups in total. The zero-order valence-corrected chi connectivity index (χ0v) is 19.0. The highest BCUT2D eigenvalue weighted by molar-refractivity contribution is 7.92. The van der Waals surface area contributed by atoms with Crippen LogP contribution < -0.4 is 9.62 Å². The minimum Gasteiger partial charge on any atom is -0.323 e. The molecule has 0 fully saturated rings. The zero-order chi connectivity index (χ0) is 21.9. The van der Waals surface area contributed by atoms with Crippen molar-refractivity contribution in [2.24, 2.45) is 0 Å². The van der Waals surface area contributed by atoms with Gasteiger partial charge in [0.1, 0.15) is 6.54 Å². The Bertz CT molecular complexity index is 1190. The van der Waals surface area contributed by atoms with E-state index in [0.29, 0.717) is 0 Å². The van der Waals surface area contributed by atoms with Crippen molar-refractivity contribution in [1.29, 1.82) is 0 Å². The summed E-state index contributed by atoms with van der Waals surface area (Å²) >= 11 is 24.1. The summed E-state index contributed by atoms with van der Waals surface area (Å²) in [6.07, 6.45) is 0. The molecule has 0 atom stereocenters. The van der Waals surface area contributed by atoms with Crippen molar-refractivity contribution in [2.45, 2.75) is 4.90 Å². The molecule has 0 aliphatic heterocycles. The Kier molecular flexibility index (Phi) is 7.16. The van der Waals surface area contributed by atoms with Crippen LogP contribution in [0.15, 0.2) is 71.6 Å². The number of benzene rings is 3. The molecule has 0 radical (unpaired) electrons. The molecule has 0 unspecified atom stereocenters. The first kappa shape index (κ1) is 22.7. The van der Waals surface area contributed by atoms with E-state index in [0.717, 1.165) is 4.31 Å². The molecule has 0 aliphatic rings. The molecule has 0 spiro atoms. The van der Waals surface area contributed by atoms with E-state index in [1.165, 1.54) is 30.3 Å². The Morgan fingerprint density at radius 3 is 2.20 bits per heavy atom. The number of sulfonamides is 1. The number of nitrogens with one attached hydrogen (secondary N) is 1. The molecule has 3 rings (SSSR count). The van der Waals surface area contributed by atoms with Crippen LogP contribution in [0.25, 0.3) is 0 Å². The topological polar surface area (TPSA) is 66.5 Å². The van der Waals surface area contributed by atoms with Gasteiger partial charge < -0.3 is 5.32 Å². The molecule has 1 amide bonds. The van der Waals surface area contributed by atoms with Gasteiger partial charge in [0.05, 0.1) is 36.4 Å². The lowest BCUT2D eigenvalue weighted by Crippen LogP contribution is -2.38. The van der Waals surface area contributed by atoms with Crippen molar-refractivity contribution in [3.63, 3.8) is 0 Å². The molecule has 10 heteroatoms. The summed E-state index contributed by atoms with van der Waals surface area (Å²) in [6, 6.07) is 16.8. The van der Waals surface area contributed by atoms with E-state index in [1.54, 1.807) is 36.4 Å². The maximum atomic E-state index is 13.3. The van der Waals surface area contributed by atoms with E-state index in [9.17, 15) is 13.2 Å². The minimum atomic E-state index is -4.08. The lowest BCUT2D eigenvalue weighted by molar-refractivity contribution is -0.114. The normalized spacial score (nSPS) is 11.2. The third kappa shape index (κ3) is 5.02. The van der Waals surface area contributed by atoms with Crippen LogP contribution in [0.3, 0.4) is 0 Å². The van der Waals surface area contributed by atoms with Gasteiger partial charge in [-0.1, -0.05) is 70.7 Å². The van der Waals surface area contributed by atoms with Gasteiger partial charge in [-0.05, 0) is 42.5 Å². The van der Waals surface area contributed by atoms with Gasteiger partial charge in [0, 0.05) is 0 Å². The number of hydrogen-bond donors (Lipinski definition) is 1.